The third-order valence-corrected chi connectivity index (χ3v) is 2.57. The van der Waals surface area contributed by atoms with Crippen LogP contribution in [0.1, 0.15) is 5.76 Å². The van der Waals surface area contributed by atoms with Crippen molar-refractivity contribution in [1.29, 1.82) is 0 Å². The van der Waals surface area contributed by atoms with Gasteiger partial charge in [-0.25, -0.2) is 0 Å². The van der Waals surface area contributed by atoms with Gasteiger partial charge in [0.15, 0.2) is 3.92 Å². The average molecular weight is 261 g/mol. The van der Waals surface area contributed by atoms with Crippen LogP contribution in [-0.4, -0.2) is 10.2 Å². The van der Waals surface area contributed by atoms with E-state index in [2.05, 4.69) is 26.1 Å². The predicted octanol–water partition coefficient (Wildman–Crippen LogP) is 2.47. The molecule has 0 N–H and O–H groups in total. The van der Waals surface area contributed by atoms with Crippen LogP contribution in [-0.2, 0) is 6.61 Å². The fraction of sp³-hybridized carbons (Fsp3) is 0.143. The summed E-state index contributed by atoms with van der Waals surface area (Å²) < 4.78 is 11.1. The lowest BCUT2D eigenvalue weighted by Gasteiger charge is -1.96. The van der Waals surface area contributed by atoms with Gasteiger partial charge in [0.2, 0.25) is 0 Å². The molecule has 68 valence electrons. The Labute approximate surface area is 86.7 Å². The van der Waals surface area contributed by atoms with Gasteiger partial charge in [0.25, 0.3) is 5.19 Å². The van der Waals surface area contributed by atoms with Crippen LogP contribution in [0, 0.1) is 0 Å². The molecule has 6 heteroatoms. The summed E-state index contributed by atoms with van der Waals surface area (Å²) in [6, 6.07) is 3.66. The standard InChI is InChI=1S/C7H5BrN2O2S/c8-6-9-10-7(13-6)12-4-5-2-1-3-11-5/h1-3H,4H2. The first-order valence-corrected chi connectivity index (χ1v) is 5.10. The van der Waals surface area contributed by atoms with E-state index < -0.39 is 0 Å². The van der Waals surface area contributed by atoms with E-state index in [0.717, 1.165) is 5.76 Å². The molecule has 2 heterocycles. The highest BCUT2D eigenvalue weighted by Crippen LogP contribution is 2.22. The highest BCUT2D eigenvalue weighted by Gasteiger charge is 2.03. The Morgan fingerprint density at radius 1 is 1.54 bits per heavy atom. The van der Waals surface area contributed by atoms with E-state index in [4.69, 9.17) is 9.15 Å². The number of halogens is 1. The average Bonchev–Trinajstić information content (AvgIpc) is 2.71. The van der Waals surface area contributed by atoms with Crippen LogP contribution in [0.2, 0.25) is 0 Å². The molecular formula is C7H5BrN2O2S. The second-order valence-electron chi connectivity index (χ2n) is 2.19. The summed E-state index contributed by atoms with van der Waals surface area (Å²) in [5.74, 6) is 0.770. The van der Waals surface area contributed by atoms with Crippen molar-refractivity contribution >= 4 is 27.3 Å². The molecule has 0 bridgehead atoms. The van der Waals surface area contributed by atoms with Gasteiger partial charge < -0.3 is 9.15 Å². The zero-order chi connectivity index (χ0) is 9.10. The first-order chi connectivity index (χ1) is 6.34. The minimum absolute atomic E-state index is 0.384. The van der Waals surface area contributed by atoms with E-state index in [-0.39, 0.29) is 0 Å². The van der Waals surface area contributed by atoms with E-state index in [9.17, 15) is 0 Å². The van der Waals surface area contributed by atoms with Crippen LogP contribution in [0.3, 0.4) is 0 Å². The van der Waals surface area contributed by atoms with Crippen LogP contribution in [0.4, 0.5) is 0 Å². The molecule has 2 aromatic heterocycles. The number of hydrogen-bond donors (Lipinski definition) is 0. The molecule has 4 nitrogen and oxygen atoms in total. The van der Waals surface area contributed by atoms with Crippen molar-refractivity contribution in [3.05, 3.63) is 28.1 Å². The minimum atomic E-state index is 0.384. The largest absolute Gasteiger partial charge is 0.466 e. The van der Waals surface area contributed by atoms with E-state index in [1.807, 2.05) is 12.1 Å². The number of ether oxygens (including phenoxy) is 1. The molecular weight excluding hydrogens is 256 g/mol. The Hall–Kier alpha value is -0.880. The zero-order valence-corrected chi connectivity index (χ0v) is 8.84. The van der Waals surface area contributed by atoms with Crippen LogP contribution in [0.25, 0.3) is 0 Å². The Morgan fingerprint density at radius 3 is 3.08 bits per heavy atom. The smallest absolute Gasteiger partial charge is 0.295 e. The maximum atomic E-state index is 5.29. The number of aromatic nitrogens is 2. The monoisotopic (exact) mass is 260 g/mol. The lowest BCUT2D eigenvalue weighted by Crippen LogP contribution is -1.92. The van der Waals surface area contributed by atoms with E-state index in [0.29, 0.717) is 15.7 Å². The van der Waals surface area contributed by atoms with Gasteiger partial charge in [-0.05, 0) is 39.4 Å². The molecule has 0 fully saturated rings. The number of rotatable bonds is 3. The van der Waals surface area contributed by atoms with Crippen molar-refractivity contribution in [2.45, 2.75) is 6.61 Å². The topological polar surface area (TPSA) is 48.2 Å². The first kappa shape index (κ1) is 8.71. The van der Waals surface area contributed by atoms with Crippen LogP contribution in [0.5, 0.6) is 5.19 Å². The zero-order valence-electron chi connectivity index (χ0n) is 6.44. The molecule has 0 saturated heterocycles. The van der Waals surface area contributed by atoms with Crippen molar-refractivity contribution in [2.24, 2.45) is 0 Å². The third-order valence-electron chi connectivity index (χ3n) is 1.30. The maximum absolute atomic E-state index is 5.29. The number of nitrogens with zero attached hydrogens (tertiary/aromatic N) is 2. The fourth-order valence-electron chi connectivity index (χ4n) is 0.779. The molecule has 0 unspecified atom stereocenters. The lowest BCUT2D eigenvalue weighted by molar-refractivity contribution is 0.267. The molecule has 0 atom stereocenters. The summed E-state index contributed by atoms with van der Waals surface area (Å²) in [5, 5.41) is 8.05. The summed E-state index contributed by atoms with van der Waals surface area (Å²) in [7, 11) is 0. The highest BCUT2D eigenvalue weighted by molar-refractivity contribution is 9.11. The molecule has 2 aromatic rings. The van der Waals surface area contributed by atoms with Crippen molar-refractivity contribution in [3.8, 4) is 5.19 Å². The van der Waals surface area contributed by atoms with Gasteiger partial charge in [0.05, 0.1) is 6.26 Å². The molecule has 0 aliphatic carbocycles. The third kappa shape index (κ3) is 2.28. The molecule has 0 aliphatic rings. The lowest BCUT2D eigenvalue weighted by atomic mass is 10.5. The summed E-state index contributed by atoms with van der Waals surface area (Å²) in [5.41, 5.74) is 0. The van der Waals surface area contributed by atoms with Gasteiger partial charge in [0, 0.05) is 0 Å². The van der Waals surface area contributed by atoms with Gasteiger partial charge in [-0.15, -0.1) is 5.10 Å². The van der Waals surface area contributed by atoms with Crippen molar-refractivity contribution in [3.63, 3.8) is 0 Å². The molecule has 0 spiro atoms. The SMILES string of the molecule is Brc1nnc(OCc2ccco2)s1. The van der Waals surface area contributed by atoms with Gasteiger partial charge in [0.1, 0.15) is 12.4 Å². The fourth-order valence-corrected chi connectivity index (χ4v) is 1.70. The summed E-state index contributed by atoms with van der Waals surface area (Å²) >= 11 is 4.53. The minimum Gasteiger partial charge on any atom is -0.466 e. The summed E-state index contributed by atoms with van der Waals surface area (Å²) in [6.07, 6.45) is 1.61. The summed E-state index contributed by atoms with van der Waals surface area (Å²) in [6.45, 7) is 0.384. The van der Waals surface area contributed by atoms with Crippen LogP contribution in [0.15, 0.2) is 26.7 Å². The van der Waals surface area contributed by atoms with Crippen molar-refractivity contribution in [2.75, 3.05) is 0 Å². The first-order valence-electron chi connectivity index (χ1n) is 3.49. The number of furan rings is 1. The normalized spacial score (nSPS) is 10.2. The molecule has 0 amide bonds. The van der Waals surface area contributed by atoms with Crippen molar-refractivity contribution in [1.82, 2.24) is 10.2 Å². The molecule has 0 aromatic carbocycles. The van der Waals surface area contributed by atoms with Gasteiger partial charge in [-0.2, -0.15) is 0 Å². The molecule has 13 heavy (non-hydrogen) atoms. The number of hydrogen-bond acceptors (Lipinski definition) is 5. The molecule has 0 radical (unpaired) electrons. The van der Waals surface area contributed by atoms with E-state index in [1.165, 1.54) is 11.3 Å². The highest BCUT2D eigenvalue weighted by atomic mass is 79.9. The quantitative estimate of drug-likeness (QED) is 0.851. The van der Waals surface area contributed by atoms with Crippen LogP contribution >= 0.6 is 27.3 Å². The second-order valence-corrected chi connectivity index (χ2v) is 4.41. The van der Waals surface area contributed by atoms with E-state index >= 15 is 0 Å². The van der Waals surface area contributed by atoms with Gasteiger partial charge in [-0.1, -0.05) is 5.10 Å². The molecule has 2 rings (SSSR count). The second kappa shape index (κ2) is 3.89. The van der Waals surface area contributed by atoms with Crippen LogP contribution < -0.4 is 4.74 Å². The van der Waals surface area contributed by atoms with E-state index in [1.54, 1.807) is 6.26 Å². The summed E-state index contributed by atoms with van der Waals surface area (Å²) in [4.78, 5) is 0. The van der Waals surface area contributed by atoms with Gasteiger partial charge in [-0.3, -0.25) is 0 Å². The molecule has 0 aliphatic heterocycles. The maximum Gasteiger partial charge on any atom is 0.295 e. The molecule has 0 saturated carbocycles. The Balaban J connectivity index is 1.93. The predicted molar refractivity (Wildman–Crippen MR) is 50.6 cm³/mol. The Kier molecular flexibility index (Phi) is 2.60. The van der Waals surface area contributed by atoms with Gasteiger partial charge >= 0.3 is 0 Å². The Bertz CT molecular complexity index is 374. The Morgan fingerprint density at radius 2 is 2.46 bits per heavy atom. The van der Waals surface area contributed by atoms with Crippen molar-refractivity contribution < 1.29 is 9.15 Å².